The van der Waals surface area contributed by atoms with Crippen molar-refractivity contribution in [1.82, 2.24) is 15.2 Å². The molecule has 0 saturated heterocycles. The zero-order chi connectivity index (χ0) is 21.8. The number of para-hydroxylation sites is 1. The Hall–Kier alpha value is -4.52. The summed E-state index contributed by atoms with van der Waals surface area (Å²) in [5.74, 6) is 0.525. The average molecular weight is 423 g/mol. The molecule has 0 unspecified atom stereocenters. The molecule has 3 aromatic heterocycles. The highest BCUT2D eigenvalue weighted by Gasteiger charge is 2.26. The number of H-pyrrole nitrogens is 2. The lowest BCUT2D eigenvalue weighted by Gasteiger charge is -2.09. The van der Waals surface area contributed by atoms with Gasteiger partial charge in [0, 0.05) is 28.1 Å². The first-order valence-electron chi connectivity index (χ1n) is 10.0. The van der Waals surface area contributed by atoms with E-state index in [9.17, 15) is 9.90 Å². The van der Waals surface area contributed by atoms with Crippen LogP contribution < -0.4 is 10.4 Å². The number of nitrogens with one attached hydrogen (secondary N) is 2. The first kappa shape index (κ1) is 18.3. The van der Waals surface area contributed by atoms with Gasteiger partial charge in [-0.15, -0.1) is 0 Å². The summed E-state index contributed by atoms with van der Waals surface area (Å²) in [6.07, 6.45) is 1.83. The topological polar surface area (TPSA) is 104 Å². The second kappa shape index (κ2) is 6.75. The molecule has 0 spiro atoms. The van der Waals surface area contributed by atoms with Crippen LogP contribution in [0.5, 0.6) is 11.5 Å². The molecule has 0 radical (unpaired) electrons. The fraction of sp³-hybridized carbons (Fsp3) is 0.0400. The van der Waals surface area contributed by atoms with Crippen LogP contribution in [0.2, 0.25) is 0 Å². The molecule has 0 aliphatic carbocycles. The number of methoxy groups -OCH3 is 1. The molecule has 7 heteroatoms. The van der Waals surface area contributed by atoms with E-state index < -0.39 is 5.63 Å². The van der Waals surface area contributed by atoms with Gasteiger partial charge >= 0.3 is 5.63 Å². The number of hydrogen-bond donors (Lipinski definition) is 3. The lowest BCUT2D eigenvalue weighted by Crippen LogP contribution is -2.04. The molecule has 3 N–H and O–H groups in total. The van der Waals surface area contributed by atoms with Gasteiger partial charge in [0.05, 0.1) is 29.2 Å². The lowest BCUT2D eigenvalue weighted by molar-refractivity contribution is 0.415. The van der Waals surface area contributed by atoms with Crippen LogP contribution in [0.15, 0.2) is 76.1 Å². The van der Waals surface area contributed by atoms with E-state index in [0.29, 0.717) is 33.5 Å². The van der Waals surface area contributed by atoms with Gasteiger partial charge in [-0.1, -0.05) is 24.3 Å². The summed E-state index contributed by atoms with van der Waals surface area (Å²) in [6.45, 7) is 0. The van der Waals surface area contributed by atoms with E-state index in [2.05, 4.69) is 10.2 Å². The van der Waals surface area contributed by atoms with Gasteiger partial charge in [-0.2, -0.15) is 0 Å². The Morgan fingerprint density at radius 2 is 1.91 bits per heavy atom. The number of hydrogen-bond acceptors (Lipinski definition) is 5. The third kappa shape index (κ3) is 2.54. The molecule has 156 valence electrons. The summed E-state index contributed by atoms with van der Waals surface area (Å²) in [5, 5.41) is 19.5. The van der Waals surface area contributed by atoms with Gasteiger partial charge in [0.1, 0.15) is 22.6 Å². The maximum atomic E-state index is 13.2. The van der Waals surface area contributed by atoms with E-state index >= 15 is 0 Å². The third-order valence-electron chi connectivity index (χ3n) is 5.74. The van der Waals surface area contributed by atoms with Crippen LogP contribution in [0, 0.1) is 0 Å². The van der Waals surface area contributed by atoms with Gasteiger partial charge < -0.3 is 24.5 Å². The van der Waals surface area contributed by atoms with Crippen molar-refractivity contribution in [2.45, 2.75) is 0 Å². The van der Waals surface area contributed by atoms with Crippen molar-refractivity contribution in [3.63, 3.8) is 0 Å². The molecule has 0 saturated carbocycles. The van der Waals surface area contributed by atoms with Gasteiger partial charge in [0.25, 0.3) is 0 Å². The molecule has 32 heavy (non-hydrogen) atoms. The Balaban J connectivity index is 1.81. The molecule has 0 atom stereocenters. The number of ether oxygens (including phenoxy) is 1. The van der Waals surface area contributed by atoms with Crippen LogP contribution in [0.4, 0.5) is 0 Å². The van der Waals surface area contributed by atoms with Gasteiger partial charge in [-0.25, -0.2) is 9.78 Å². The molecule has 0 aliphatic heterocycles. The van der Waals surface area contributed by atoms with Crippen molar-refractivity contribution in [3.8, 4) is 33.9 Å². The van der Waals surface area contributed by atoms with Gasteiger partial charge in [-0.3, -0.25) is 0 Å². The second-order valence-electron chi connectivity index (χ2n) is 7.51. The number of benzene rings is 3. The second-order valence-corrected chi connectivity index (χ2v) is 7.51. The molecular weight excluding hydrogens is 406 g/mol. The zero-order valence-electron chi connectivity index (χ0n) is 17.0. The predicted molar refractivity (Wildman–Crippen MR) is 123 cm³/mol. The van der Waals surface area contributed by atoms with E-state index in [-0.39, 0.29) is 11.3 Å². The molecule has 7 nitrogen and oxygen atoms in total. The summed E-state index contributed by atoms with van der Waals surface area (Å²) in [4.78, 5) is 18.0. The van der Waals surface area contributed by atoms with Gasteiger partial charge in [0.15, 0.2) is 0 Å². The number of aromatic hydroxyl groups is 1. The molecule has 3 aromatic carbocycles. The van der Waals surface area contributed by atoms with Crippen molar-refractivity contribution in [3.05, 3.63) is 77.3 Å². The van der Waals surface area contributed by atoms with Crippen LogP contribution in [0.3, 0.4) is 0 Å². The lowest BCUT2D eigenvalue weighted by atomic mass is 9.96. The zero-order valence-corrected chi connectivity index (χ0v) is 17.0. The minimum absolute atomic E-state index is 0.0751. The molecule has 0 bridgehead atoms. The number of aromatic amines is 2. The van der Waals surface area contributed by atoms with Gasteiger partial charge in [-0.05, 0) is 36.4 Å². The number of fused-ring (bicyclic) bond motifs is 4. The average Bonchev–Trinajstić information content (AvgIpc) is 3.44. The molecule has 6 aromatic rings. The largest absolute Gasteiger partial charge is 0.506 e. The highest BCUT2D eigenvalue weighted by Crippen LogP contribution is 2.44. The standard InChI is InChI=1S/C25H17N3O4/c1-31-15-6-4-5-13(11-15)22-20(19-17(27-22)10-9-14-12-26-28-23(14)19)21-24(29)16-7-2-3-8-18(16)32-25(21)30/h2-12,26,28-29H,1H3. The summed E-state index contributed by atoms with van der Waals surface area (Å²) >= 11 is 0. The minimum atomic E-state index is -0.632. The molecular formula is C25H17N3O4. The first-order chi connectivity index (χ1) is 15.7. The number of rotatable bonds is 3. The maximum absolute atomic E-state index is 13.2. The van der Waals surface area contributed by atoms with E-state index in [0.717, 1.165) is 21.9 Å². The van der Waals surface area contributed by atoms with Crippen LogP contribution >= 0.6 is 0 Å². The van der Waals surface area contributed by atoms with Crippen LogP contribution in [-0.2, 0) is 0 Å². The number of nitrogens with zero attached hydrogens (tertiary/aromatic N) is 1. The third-order valence-corrected chi connectivity index (χ3v) is 5.74. The van der Waals surface area contributed by atoms with Crippen molar-refractivity contribution >= 4 is 32.8 Å². The number of aromatic nitrogens is 3. The van der Waals surface area contributed by atoms with Crippen LogP contribution in [0.1, 0.15) is 0 Å². The Kier molecular flexibility index (Phi) is 3.85. The minimum Gasteiger partial charge on any atom is -0.506 e. The van der Waals surface area contributed by atoms with E-state index in [1.165, 1.54) is 0 Å². The molecule has 3 heterocycles. The summed E-state index contributed by atoms with van der Waals surface area (Å²) in [6, 6.07) is 18.2. The fourth-order valence-corrected chi connectivity index (χ4v) is 4.27. The van der Waals surface area contributed by atoms with Crippen molar-refractivity contribution < 1.29 is 14.3 Å². The van der Waals surface area contributed by atoms with Crippen molar-refractivity contribution in [1.29, 1.82) is 0 Å². The quantitative estimate of drug-likeness (QED) is 0.340. The highest BCUT2D eigenvalue weighted by molar-refractivity contribution is 6.17. The van der Waals surface area contributed by atoms with Crippen LogP contribution in [-0.4, -0.2) is 27.4 Å². The SMILES string of the molecule is COc1cccc(-c2nc3ccc4c[nH][nH]c4c3c2-c2c(O)c3ccccc3oc2=O)c1. The maximum Gasteiger partial charge on any atom is 0.348 e. The fourth-order valence-electron chi connectivity index (χ4n) is 4.27. The Labute approximate surface area is 180 Å². The van der Waals surface area contributed by atoms with E-state index in [1.807, 2.05) is 42.6 Å². The van der Waals surface area contributed by atoms with Gasteiger partial charge in [0.2, 0.25) is 0 Å². The summed E-state index contributed by atoms with van der Waals surface area (Å²) in [5.41, 5.74) is 3.05. The van der Waals surface area contributed by atoms with Crippen molar-refractivity contribution in [2.75, 3.05) is 7.11 Å². The summed E-state index contributed by atoms with van der Waals surface area (Å²) < 4.78 is 11.0. The Morgan fingerprint density at radius 3 is 2.78 bits per heavy atom. The van der Waals surface area contributed by atoms with E-state index in [4.69, 9.17) is 14.1 Å². The molecule has 0 amide bonds. The van der Waals surface area contributed by atoms with Crippen LogP contribution in [0.25, 0.3) is 55.2 Å². The molecule has 0 aliphatic rings. The van der Waals surface area contributed by atoms with E-state index in [1.54, 1.807) is 31.4 Å². The molecule has 6 rings (SSSR count). The first-order valence-corrected chi connectivity index (χ1v) is 10.0. The monoisotopic (exact) mass is 423 g/mol. The summed E-state index contributed by atoms with van der Waals surface area (Å²) in [7, 11) is 1.59. The Morgan fingerprint density at radius 1 is 1.03 bits per heavy atom. The predicted octanol–water partition coefficient (Wildman–Crippen LogP) is 5.20. The Bertz CT molecular complexity index is 1710. The molecule has 0 fully saturated rings. The normalized spacial score (nSPS) is 11.5. The highest BCUT2D eigenvalue weighted by atomic mass is 16.5. The van der Waals surface area contributed by atoms with Crippen molar-refractivity contribution in [2.24, 2.45) is 0 Å². The smallest absolute Gasteiger partial charge is 0.348 e.